The fourth-order valence-corrected chi connectivity index (χ4v) is 14.9. The van der Waals surface area contributed by atoms with E-state index in [2.05, 4.69) is 325 Å². The Morgan fingerprint density at radius 3 is 1.10 bits per heavy atom. The summed E-state index contributed by atoms with van der Waals surface area (Å²) in [5, 5.41) is 2.18. The fourth-order valence-electron chi connectivity index (χ4n) is 14.9. The summed E-state index contributed by atoms with van der Waals surface area (Å²) in [7, 11) is 0. The number of hydrogen-bond acceptors (Lipinski definition) is 3. The lowest BCUT2D eigenvalue weighted by Gasteiger charge is -2.56. The van der Waals surface area contributed by atoms with Gasteiger partial charge in [-0.3, -0.25) is 0 Å². The van der Waals surface area contributed by atoms with Gasteiger partial charge in [0.15, 0.2) is 5.58 Å². The number of nitrogens with zero attached hydrogens (tertiary/aromatic N) is 2. The van der Waals surface area contributed by atoms with Crippen LogP contribution in [0.3, 0.4) is 0 Å². The van der Waals surface area contributed by atoms with E-state index in [0.29, 0.717) is 0 Å². The number of anilines is 6. The summed E-state index contributed by atoms with van der Waals surface area (Å²) in [6.45, 7) is 0. The summed E-state index contributed by atoms with van der Waals surface area (Å²) in [5.41, 5.74) is 25.8. The predicted octanol–water partition coefficient (Wildman–Crippen LogP) is 20.9. The molecule has 3 aliphatic rings. The molecule has 0 atom stereocenters. The predicted molar refractivity (Wildman–Crippen MR) is 342 cm³/mol. The number of para-hydroxylation sites is 5. The minimum absolute atomic E-state index is 0.747. The van der Waals surface area contributed by atoms with E-state index in [0.717, 1.165) is 67.2 Å². The standard InChI is InChI=1S/C80H52N2O/c1-4-25-53(26-5-1)58-31-10-12-33-60(58)55-47-49-74-70(51-55)80(66-39-17-15-37-64(66)79(65-38-16-18-40-67(65)80)68-41-19-21-43-72(68)81(57-29-8-3-9-30-57)73-44-22-20-42-69(73)79)71-52-56(61-34-13-11-32-59(61)54-27-6-2-7-28-54)48-50-75(71)82(74)76-45-24-36-63-62-35-14-23-46-77(62)83-78(63)76/h1-52H. The summed E-state index contributed by atoms with van der Waals surface area (Å²) in [6.07, 6.45) is 0. The molecule has 83 heavy (non-hydrogen) atoms. The van der Waals surface area contributed by atoms with Gasteiger partial charge in [-0.15, -0.1) is 0 Å². The molecule has 14 aromatic rings. The average Bonchev–Trinajstić information content (AvgIpc) is 1.06. The largest absolute Gasteiger partial charge is 0.454 e. The maximum Gasteiger partial charge on any atom is 0.159 e. The number of benzene rings is 13. The SMILES string of the molecule is c1ccc(-c2ccccc2-c2ccc3c(c2)C2(c4cc(-c5ccccc5-c5ccccc5)ccc4N3c3cccc4c3oc3ccccc34)c3ccccc3C3(c4ccccc4N(c4ccccc4)c4ccccc43)c3ccccc32)cc1. The van der Waals surface area contributed by atoms with E-state index in [1.165, 1.54) is 77.9 Å². The topological polar surface area (TPSA) is 19.6 Å². The lowest BCUT2D eigenvalue weighted by Crippen LogP contribution is -2.49. The van der Waals surface area contributed by atoms with Crippen LogP contribution in [0.4, 0.5) is 34.1 Å². The second kappa shape index (κ2) is 18.4. The first kappa shape index (κ1) is 47.1. The van der Waals surface area contributed by atoms with Crippen molar-refractivity contribution in [3.8, 4) is 44.5 Å². The summed E-state index contributed by atoms with van der Waals surface area (Å²) in [4.78, 5) is 4.99. The normalized spacial score (nSPS) is 13.9. The van der Waals surface area contributed by atoms with Crippen molar-refractivity contribution >= 4 is 56.1 Å². The van der Waals surface area contributed by atoms with Crippen LogP contribution in [0.5, 0.6) is 0 Å². The van der Waals surface area contributed by atoms with Gasteiger partial charge < -0.3 is 14.2 Å². The molecule has 13 aromatic carbocycles. The van der Waals surface area contributed by atoms with E-state index in [1.54, 1.807) is 0 Å². The minimum atomic E-state index is -0.906. The Hall–Kier alpha value is -10.7. The third-order valence-corrected chi connectivity index (χ3v) is 18.1. The van der Waals surface area contributed by atoms with Gasteiger partial charge in [-0.1, -0.05) is 255 Å². The van der Waals surface area contributed by atoms with E-state index in [9.17, 15) is 0 Å². The molecular weight excluding hydrogens is 1000 g/mol. The third kappa shape index (κ3) is 6.68. The molecule has 1 aromatic heterocycles. The van der Waals surface area contributed by atoms with Crippen LogP contribution >= 0.6 is 0 Å². The van der Waals surface area contributed by atoms with Gasteiger partial charge in [-0.05, 0) is 150 Å². The van der Waals surface area contributed by atoms with Crippen molar-refractivity contribution in [3.63, 3.8) is 0 Å². The first-order valence-corrected chi connectivity index (χ1v) is 28.7. The van der Waals surface area contributed by atoms with Crippen LogP contribution in [0.25, 0.3) is 66.4 Å². The second-order valence-electron chi connectivity index (χ2n) is 22.2. The minimum Gasteiger partial charge on any atom is -0.454 e. The molecule has 0 N–H and O–H groups in total. The van der Waals surface area contributed by atoms with Crippen molar-refractivity contribution in [3.05, 3.63) is 360 Å². The Morgan fingerprint density at radius 2 is 0.590 bits per heavy atom. The Labute approximate surface area is 482 Å². The number of furan rings is 1. The molecule has 388 valence electrons. The van der Waals surface area contributed by atoms with E-state index < -0.39 is 10.8 Å². The zero-order valence-electron chi connectivity index (χ0n) is 45.3. The van der Waals surface area contributed by atoms with Crippen molar-refractivity contribution < 1.29 is 4.42 Å². The molecule has 0 unspecified atom stereocenters. The van der Waals surface area contributed by atoms with Gasteiger partial charge in [0.25, 0.3) is 0 Å². The van der Waals surface area contributed by atoms with E-state index in [1.807, 2.05) is 0 Å². The third-order valence-electron chi connectivity index (χ3n) is 18.1. The maximum atomic E-state index is 7.07. The molecule has 0 saturated heterocycles. The number of rotatable bonds is 6. The molecule has 0 fully saturated rings. The molecule has 2 aliphatic heterocycles. The lowest BCUT2D eigenvalue weighted by atomic mass is 9.49. The lowest BCUT2D eigenvalue weighted by molar-refractivity contribution is 0.607. The van der Waals surface area contributed by atoms with E-state index >= 15 is 0 Å². The van der Waals surface area contributed by atoms with Crippen molar-refractivity contribution in [1.29, 1.82) is 0 Å². The fraction of sp³-hybridized carbons (Fsp3) is 0.0250. The van der Waals surface area contributed by atoms with Crippen LogP contribution in [0.15, 0.2) is 320 Å². The first-order valence-electron chi connectivity index (χ1n) is 28.7. The van der Waals surface area contributed by atoms with Gasteiger partial charge in [-0.2, -0.15) is 0 Å². The Balaban J connectivity index is 1.04. The molecule has 0 amide bonds. The summed E-state index contributed by atoms with van der Waals surface area (Å²) in [6, 6.07) is 117. The molecule has 3 nitrogen and oxygen atoms in total. The van der Waals surface area contributed by atoms with Gasteiger partial charge >= 0.3 is 0 Å². The molecule has 0 bridgehead atoms. The van der Waals surface area contributed by atoms with Crippen LogP contribution in [0, 0.1) is 0 Å². The molecule has 2 spiro atoms. The molecule has 3 heterocycles. The first-order chi connectivity index (χ1) is 41.2. The molecular formula is C80H52N2O. The molecule has 1 aliphatic carbocycles. The van der Waals surface area contributed by atoms with Gasteiger partial charge in [0.1, 0.15) is 5.58 Å². The van der Waals surface area contributed by atoms with Crippen LogP contribution in [0.1, 0.15) is 44.5 Å². The number of hydrogen-bond donors (Lipinski definition) is 0. The Bertz CT molecular complexity index is 4650. The van der Waals surface area contributed by atoms with Crippen LogP contribution in [0.2, 0.25) is 0 Å². The summed E-state index contributed by atoms with van der Waals surface area (Å²) >= 11 is 0. The monoisotopic (exact) mass is 1060 g/mol. The van der Waals surface area contributed by atoms with Crippen LogP contribution < -0.4 is 9.80 Å². The maximum absolute atomic E-state index is 7.07. The molecule has 0 radical (unpaired) electrons. The van der Waals surface area contributed by atoms with Crippen molar-refractivity contribution in [1.82, 2.24) is 0 Å². The molecule has 3 heteroatoms. The Morgan fingerprint density at radius 1 is 0.229 bits per heavy atom. The molecule has 17 rings (SSSR count). The zero-order valence-corrected chi connectivity index (χ0v) is 45.3. The summed E-state index contributed by atoms with van der Waals surface area (Å²) in [5.74, 6) is 0. The number of fused-ring (bicyclic) bond motifs is 17. The highest BCUT2D eigenvalue weighted by molar-refractivity contribution is 6.11. The van der Waals surface area contributed by atoms with Gasteiger partial charge in [-0.25, -0.2) is 0 Å². The van der Waals surface area contributed by atoms with Crippen LogP contribution in [-0.4, -0.2) is 0 Å². The average molecular weight is 1060 g/mol. The van der Waals surface area contributed by atoms with Crippen molar-refractivity contribution in [2.24, 2.45) is 0 Å². The van der Waals surface area contributed by atoms with E-state index in [4.69, 9.17) is 4.42 Å². The summed E-state index contributed by atoms with van der Waals surface area (Å²) < 4.78 is 7.07. The molecule has 0 saturated carbocycles. The Kier molecular flexibility index (Phi) is 10.4. The quantitative estimate of drug-likeness (QED) is 0.165. The highest BCUT2D eigenvalue weighted by Crippen LogP contribution is 2.69. The van der Waals surface area contributed by atoms with Crippen molar-refractivity contribution in [2.45, 2.75) is 10.8 Å². The van der Waals surface area contributed by atoms with E-state index in [-0.39, 0.29) is 0 Å². The van der Waals surface area contributed by atoms with Crippen LogP contribution in [-0.2, 0) is 10.8 Å². The smallest absolute Gasteiger partial charge is 0.159 e. The van der Waals surface area contributed by atoms with Gasteiger partial charge in [0.05, 0.1) is 39.3 Å². The highest BCUT2D eigenvalue weighted by atomic mass is 16.3. The van der Waals surface area contributed by atoms with Gasteiger partial charge in [0.2, 0.25) is 0 Å². The zero-order chi connectivity index (χ0) is 54.6. The highest BCUT2D eigenvalue weighted by Gasteiger charge is 2.59. The van der Waals surface area contributed by atoms with Gasteiger partial charge in [0, 0.05) is 16.5 Å². The second-order valence-corrected chi connectivity index (χ2v) is 22.2. The van der Waals surface area contributed by atoms with Crippen molar-refractivity contribution in [2.75, 3.05) is 9.80 Å².